The molecule has 0 radical (unpaired) electrons. The van der Waals surface area contributed by atoms with Crippen molar-refractivity contribution in [3.8, 4) is 11.5 Å². The van der Waals surface area contributed by atoms with Gasteiger partial charge in [-0.15, -0.1) is 0 Å². The molecule has 1 aliphatic heterocycles. The zero-order chi connectivity index (χ0) is 39.9. The number of alkyl carbamates (subject to hydrolysis) is 1. The Labute approximate surface area is 328 Å². The molecule has 6 rings (SSSR count). The number of ether oxygens (including phenoxy) is 4. The van der Waals surface area contributed by atoms with Gasteiger partial charge in [0, 0.05) is 42.8 Å². The van der Waals surface area contributed by atoms with Crippen molar-refractivity contribution in [3.63, 3.8) is 0 Å². The maximum Gasteiger partial charge on any atom is 0.415 e. The fraction of sp³-hybridized carbons (Fsp3) is 0.372. The van der Waals surface area contributed by atoms with Crippen molar-refractivity contribution in [2.45, 2.75) is 71.6 Å². The van der Waals surface area contributed by atoms with Gasteiger partial charge in [0.05, 0.1) is 20.8 Å². The van der Waals surface area contributed by atoms with Gasteiger partial charge in [0.2, 0.25) is 0 Å². The average molecular weight is 762 g/mol. The molecule has 2 amide bonds. The van der Waals surface area contributed by atoms with E-state index in [-0.39, 0.29) is 12.0 Å². The highest BCUT2D eigenvalue weighted by Crippen LogP contribution is 2.35. The first-order valence-corrected chi connectivity index (χ1v) is 18.9. The molecule has 1 fully saturated rings. The van der Waals surface area contributed by atoms with Crippen molar-refractivity contribution in [1.82, 2.24) is 20.3 Å². The van der Waals surface area contributed by atoms with Crippen LogP contribution in [0.2, 0.25) is 0 Å². The number of nitrogens with one attached hydrogen (secondary N) is 2. The van der Waals surface area contributed by atoms with Crippen LogP contribution in [0, 0.1) is 0 Å². The van der Waals surface area contributed by atoms with E-state index < -0.39 is 17.8 Å². The topological polar surface area (TPSA) is 140 Å². The van der Waals surface area contributed by atoms with Crippen molar-refractivity contribution in [2.24, 2.45) is 0 Å². The van der Waals surface area contributed by atoms with Gasteiger partial charge in [-0.2, -0.15) is 0 Å². The molecule has 13 heteroatoms. The smallest absolute Gasteiger partial charge is 0.415 e. The zero-order valence-electron chi connectivity index (χ0n) is 33.2. The lowest BCUT2D eigenvalue weighted by molar-refractivity contribution is 0.0512. The van der Waals surface area contributed by atoms with Crippen LogP contribution in [0.5, 0.6) is 11.5 Å². The third-order valence-corrected chi connectivity index (χ3v) is 10.0. The second kappa shape index (κ2) is 17.1. The Bertz CT molecular complexity index is 2080. The van der Waals surface area contributed by atoms with E-state index in [0.717, 1.165) is 51.8 Å². The number of benzene rings is 2. The number of amides is 2. The molecule has 0 aliphatic carbocycles. The molecule has 5 aromatic rings. The predicted molar refractivity (Wildman–Crippen MR) is 218 cm³/mol. The lowest BCUT2D eigenvalue weighted by Crippen LogP contribution is -2.42. The molecule has 0 bridgehead atoms. The van der Waals surface area contributed by atoms with Crippen LogP contribution in [0.15, 0.2) is 85.2 Å². The fourth-order valence-corrected chi connectivity index (χ4v) is 6.80. The van der Waals surface area contributed by atoms with Crippen LogP contribution < -0.4 is 29.9 Å². The molecule has 0 unspecified atom stereocenters. The fourth-order valence-electron chi connectivity index (χ4n) is 6.80. The zero-order valence-corrected chi connectivity index (χ0v) is 33.2. The molecule has 13 nitrogen and oxygen atoms in total. The minimum atomic E-state index is -0.591. The average Bonchev–Trinajstić information content (AvgIpc) is 3.63. The van der Waals surface area contributed by atoms with E-state index in [0.29, 0.717) is 49.5 Å². The van der Waals surface area contributed by atoms with Crippen LogP contribution >= 0.6 is 0 Å². The number of aromatic nitrogens is 3. The van der Waals surface area contributed by atoms with Crippen LogP contribution in [-0.2, 0) is 28.0 Å². The Morgan fingerprint density at radius 2 is 1.50 bits per heavy atom. The summed E-state index contributed by atoms with van der Waals surface area (Å²) < 4.78 is 21.7. The highest BCUT2D eigenvalue weighted by molar-refractivity contribution is 5.98. The number of carbonyl (C=O) groups is 2. The molecule has 1 saturated heterocycles. The van der Waals surface area contributed by atoms with Gasteiger partial charge in [0.1, 0.15) is 47.0 Å². The van der Waals surface area contributed by atoms with Crippen molar-refractivity contribution in [1.29, 1.82) is 0 Å². The summed E-state index contributed by atoms with van der Waals surface area (Å²) in [5, 5.41) is 8.02. The van der Waals surface area contributed by atoms with Gasteiger partial charge >= 0.3 is 12.2 Å². The van der Waals surface area contributed by atoms with Crippen molar-refractivity contribution in [2.75, 3.05) is 49.0 Å². The molecular formula is C43H51N7O6. The van der Waals surface area contributed by atoms with Gasteiger partial charge < -0.3 is 34.5 Å². The van der Waals surface area contributed by atoms with Crippen molar-refractivity contribution >= 4 is 46.2 Å². The van der Waals surface area contributed by atoms with E-state index in [1.54, 1.807) is 31.5 Å². The van der Waals surface area contributed by atoms with Crippen LogP contribution in [0.4, 0.5) is 32.9 Å². The maximum absolute atomic E-state index is 12.9. The lowest BCUT2D eigenvalue weighted by atomic mass is 9.76. The molecule has 0 saturated carbocycles. The number of hydrogen-bond donors (Lipinski definition) is 2. The van der Waals surface area contributed by atoms with Gasteiger partial charge in [-0.3, -0.25) is 4.90 Å². The number of cyclic esters (lactones) is 1. The Morgan fingerprint density at radius 3 is 2.05 bits per heavy atom. The molecule has 4 heterocycles. The Morgan fingerprint density at radius 1 is 0.875 bits per heavy atom. The standard InChI is InChI=1S/C43H51N7O6/c1-8-43(9-2,28-46-40(51)56-42(3,4)5)32-18-19-44-37(24-32)47-36-22-31-23-38(50-20-21-55-41(50)52)48-39(35(31)25-45-36)49(26-29-10-14-33(53-6)15-11-29)27-30-12-16-34(54-7)17-13-30/h10-19,22-25H,8-9,20-21,26-28H2,1-7H3,(H,46,51)(H,44,45,47). The molecule has 3 aromatic heterocycles. The molecule has 2 N–H and O–H groups in total. The monoisotopic (exact) mass is 761 g/mol. The summed E-state index contributed by atoms with van der Waals surface area (Å²) in [6.45, 7) is 11.9. The Balaban J connectivity index is 1.36. The lowest BCUT2D eigenvalue weighted by Gasteiger charge is -2.33. The third-order valence-electron chi connectivity index (χ3n) is 10.0. The largest absolute Gasteiger partial charge is 0.497 e. The number of methoxy groups -OCH3 is 2. The summed E-state index contributed by atoms with van der Waals surface area (Å²) in [7, 11) is 3.30. The highest BCUT2D eigenvalue weighted by Gasteiger charge is 2.31. The van der Waals surface area contributed by atoms with Crippen LogP contribution in [0.1, 0.15) is 64.2 Å². The van der Waals surface area contributed by atoms with E-state index in [2.05, 4.69) is 34.4 Å². The van der Waals surface area contributed by atoms with Gasteiger partial charge in [-0.25, -0.2) is 24.5 Å². The van der Waals surface area contributed by atoms with Crippen LogP contribution in [-0.4, -0.2) is 66.7 Å². The van der Waals surface area contributed by atoms with Crippen LogP contribution in [0.3, 0.4) is 0 Å². The summed E-state index contributed by atoms with van der Waals surface area (Å²) >= 11 is 0. The van der Waals surface area contributed by atoms with E-state index in [4.69, 9.17) is 28.9 Å². The number of anilines is 4. The molecule has 0 atom stereocenters. The maximum atomic E-state index is 12.9. The summed E-state index contributed by atoms with van der Waals surface area (Å²) in [4.78, 5) is 43.8. The third kappa shape index (κ3) is 9.39. The van der Waals surface area contributed by atoms with Crippen molar-refractivity contribution in [3.05, 3.63) is 102 Å². The predicted octanol–water partition coefficient (Wildman–Crippen LogP) is 8.53. The van der Waals surface area contributed by atoms with Crippen molar-refractivity contribution < 1.29 is 28.5 Å². The second-order valence-electron chi connectivity index (χ2n) is 14.8. The summed E-state index contributed by atoms with van der Waals surface area (Å²) in [6, 6.07) is 23.7. The Hall–Kier alpha value is -6.11. The van der Waals surface area contributed by atoms with Crippen LogP contribution in [0.25, 0.3) is 10.8 Å². The van der Waals surface area contributed by atoms with E-state index in [1.807, 2.05) is 93.6 Å². The number of rotatable bonds is 15. The number of fused-ring (bicyclic) bond motifs is 1. The van der Waals surface area contributed by atoms with Gasteiger partial charge in [0.25, 0.3) is 0 Å². The second-order valence-corrected chi connectivity index (χ2v) is 14.8. The molecule has 56 heavy (non-hydrogen) atoms. The SMILES string of the molecule is CCC(CC)(CNC(=O)OC(C)(C)C)c1ccnc(Nc2cc3cc(N4CCOC4=O)nc(N(Cc4ccc(OC)cc4)Cc4ccc(OC)cc4)c3cn2)c1. The summed E-state index contributed by atoms with van der Waals surface area (Å²) in [5.41, 5.74) is 2.20. The van der Waals surface area contributed by atoms with Gasteiger partial charge in [-0.1, -0.05) is 38.1 Å². The number of pyridine rings is 3. The minimum Gasteiger partial charge on any atom is -0.497 e. The number of carbonyl (C=O) groups excluding carboxylic acids is 2. The highest BCUT2D eigenvalue weighted by atomic mass is 16.6. The number of nitrogens with zero attached hydrogens (tertiary/aromatic N) is 5. The van der Waals surface area contributed by atoms with Gasteiger partial charge in [0.15, 0.2) is 0 Å². The molecular weight excluding hydrogens is 711 g/mol. The van der Waals surface area contributed by atoms with E-state index in [1.165, 1.54) is 0 Å². The first kappa shape index (κ1) is 39.6. The van der Waals surface area contributed by atoms with E-state index in [9.17, 15) is 9.59 Å². The summed E-state index contributed by atoms with van der Waals surface area (Å²) in [6.07, 6.45) is 4.26. The quantitative estimate of drug-likeness (QED) is 0.106. The Kier molecular flexibility index (Phi) is 12.1. The summed E-state index contributed by atoms with van der Waals surface area (Å²) in [5.74, 6) is 3.86. The number of hydrogen-bond acceptors (Lipinski definition) is 11. The molecule has 2 aromatic carbocycles. The normalized spacial score (nSPS) is 13.0. The minimum absolute atomic E-state index is 0.283. The first-order valence-electron chi connectivity index (χ1n) is 18.9. The first-order chi connectivity index (χ1) is 26.9. The van der Waals surface area contributed by atoms with E-state index >= 15 is 0 Å². The molecule has 294 valence electrons. The van der Waals surface area contributed by atoms with Gasteiger partial charge in [-0.05, 0) is 104 Å². The molecule has 1 aliphatic rings. The molecule has 0 spiro atoms.